The topological polar surface area (TPSA) is 69.6 Å². The van der Waals surface area contributed by atoms with Crippen LogP contribution in [0, 0.1) is 0 Å². The average molecular weight is 334 g/mol. The summed E-state index contributed by atoms with van der Waals surface area (Å²) >= 11 is 1.53. The predicted octanol–water partition coefficient (Wildman–Crippen LogP) is 1.89. The molecule has 2 aliphatic rings. The Labute approximate surface area is 140 Å². The maximum atomic E-state index is 12.9. The Morgan fingerprint density at radius 3 is 2.57 bits per heavy atom. The molecule has 3 rings (SSSR count). The van der Waals surface area contributed by atoms with Crippen LogP contribution in [0.5, 0.6) is 5.75 Å². The van der Waals surface area contributed by atoms with Gasteiger partial charge in [0.25, 0.3) is 0 Å². The van der Waals surface area contributed by atoms with Crippen molar-refractivity contribution in [2.24, 2.45) is 0 Å². The lowest BCUT2D eigenvalue weighted by Crippen LogP contribution is -2.58. The molecule has 1 heterocycles. The van der Waals surface area contributed by atoms with Crippen LogP contribution in [0.15, 0.2) is 24.3 Å². The lowest BCUT2D eigenvalue weighted by atomic mass is 10.1. The summed E-state index contributed by atoms with van der Waals surface area (Å²) in [7, 11) is 0. The Hall–Kier alpha value is -1.69. The van der Waals surface area contributed by atoms with Crippen LogP contribution < -0.4 is 5.32 Å². The van der Waals surface area contributed by atoms with Gasteiger partial charge in [-0.2, -0.15) is 0 Å². The van der Waals surface area contributed by atoms with Crippen LogP contribution in [0.3, 0.4) is 0 Å². The standard InChI is InChI=1S/C17H22N2O3S/c1-17(2)16(22)18-14(10-23-17)15(21)19(12-5-6-12)9-11-3-7-13(20)8-4-11/h3-4,7-8,12,14,20H,5-6,9-10H2,1-2H3,(H,18,22). The van der Waals surface area contributed by atoms with E-state index in [2.05, 4.69) is 5.32 Å². The van der Waals surface area contributed by atoms with E-state index in [0.29, 0.717) is 12.3 Å². The van der Waals surface area contributed by atoms with Gasteiger partial charge in [0.05, 0.1) is 4.75 Å². The number of phenols is 1. The molecule has 2 fully saturated rings. The first-order valence-electron chi connectivity index (χ1n) is 7.90. The fourth-order valence-electron chi connectivity index (χ4n) is 2.64. The second kappa shape index (κ2) is 6.07. The smallest absolute Gasteiger partial charge is 0.246 e. The van der Waals surface area contributed by atoms with Gasteiger partial charge < -0.3 is 15.3 Å². The quantitative estimate of drug-likeness (QED) is 0.882. The van der Waals surface area contributed by atoms with Gasteiger partial charge in [0.1, 0.15) is 11.8 Å². The lowest BCUT2D eigenvalue weighted by Gasteiger charge is -2.35. The summed E-state index contributed by atoms with van der Waals surface area (Å²) in [4.78, 5) is 26.8. The molecule has 1 aliphatic carbocycles. The van der Waals surface area contributed by atoms with Gasteiger partial charge in [-0.15, -0.1) is 11.8 Å². The van der Waals surface area contributed by atoms with Crippen molar-refractivity contribution < 1.29 is 14.7 Å². The molecule has 5 nitrogen and oxygen atoms in total. The monoisotopic (exact) mass is 334 g/mol. The Morgan fingerprint density at radius 1 is 1.35 bits per heavy atom. The minimum Gasteiger partial charge on any atom is -0.508 e. The molecule has 124 valence electrons. The summed E-state index contributed by atoms with van der Waals surface area (Å²) in [6.45, 7) is 4.27. The van der Waals surface area contributed by atoms with Gasteiger partial charge in [0.2, 0.25) is 11.8 Å². The SMILES string of the molecule is CC1(C)SCC(C(=O)N(Cc2ccc(O)cc2)C2CC2)NC1=O. The van der Waals surface area contributed by atoms with Crippen molar-refractivity contribution in [1.29, 1.82) is 0 Å². The molecule has 1 saturated heterocycles. The maximum absolute atomic E-state index is 12.9. The van der Waals surface area contributed by atoms with Gasteiger partial charge in [-0.25, -0.2) is 0 Å². The summed E-state index contributed by atoms with van der Waals surface area (Å²) in [5.41, 5.74) is 0.984. The first kappa shape index (κ1) is 16.2. The van der Waals surface area contributed by atoms with Gasteiger partial charge in [-0.1, -0.05) is 12.1 Å². The van der Waals surface area contributed by atoms with Gasteiger partial charge in [-0.3, -0.25) is 9.59 Å². The second-order valence-electron chi connectivity index (χ2n) is 6.71. The summed E-state index contributed by atoms with van der Waals surface area (Å²) in [5.74, 6) is 0.747. The van der Waals surface area contributed by atoms with Crippen molar-refractivity contribution in [3.63, 3.8) is 0 Å². The Morgan fingerprint density at radius 2 is 2.00 bits per heavy atom. The zero-order valence-corrected chi connectivity index (χ0v) is 14.2. The van der Waals surface area contributed by atoms with E-state index in [1.165, 1.54) is 11.8 Å². The molecule has 1 aliphatic heterocycles. The number of hydrogen-bond acceptors (Lipinski definition) is 4. The summed E-state index contributed by atoms with van der Waals surface area (Å²) in [6.07, 6.45) is 2.03. The van der Waals surface area contributed by atoms with E-state index < -0.39 is 10.8 Å². The van der Waals surface area contributed by atoms with Crippen LogP contribution >= 0.6 is 11.8 Å². The van der Waals surface area contributed by atoms with Crippen LogP contribution in [0.4, 0.5) is 0 Å². The highest BCUT2D eigenvalue weighted by atomic mass is 32.2. The van der Waals surface area contributed by atoms with E-state index >= 15 is 0 Å². The first-order valence-corrected chi connectivity index (χ1v) is 8.89. The molecule has 1 aromatic rings. The molecule has 1 atom stereocenters. The average Bonchev–Trinajstić information content (AvgIpc) is 3.33. The van der Waals surface area contributed by atoms with E-state index in [1.54, 1.807) is 12.1 Å². The number of nitrogens with zero attached hydrogens (tertiary/aromatic N) is 1. The largest absolute Gasteiger partial charge is 0.508 e. The summed E-state index contributed by atoms with van der Waals surface area (Å²) in [5, 5.41) is 12.2. The third kappa shape index (κ3) is 3.63. The zero-order chi connectivity index (χ0) is 16.6. The van der Waals surface area contributed by atoms with Crippen molar-refractivity contribution in [1.82, 2.24) is 10.2 Å². The highest BCUT2D eigenvalue weighted by Crippen LogP contribution is 2.33. The number of thioether (sulfide) groups is 1. The molecule has 1 unspecified atom stereocenters. The zero-order valence-electron chi connectivity index (χ0n) is 13.4. The summed E-state index contributed by atoms with van der Waals surface area (Å²) < 4.78 is -0.474. The fourth-order valence-corrected chi connectivity index (χ4v) is 3.63. The molecule has 0 bridgehead atoms. The highest BCUT2D eigenvalue weighted by Gasteiger charge is 2.42. The van der Waals surface area contributed by atoms with Crippen molar-refractivity contribution in [2.75, 3.05) is 5.75 Å². The molecule has 2 amide bonds. The van der Waals surface area contributed by atoms with Gasteiger partial charge in [0.15, 0.2) is 0 Å². The van der Waals surface area contributed by atoms with Crippen molar-refractivity contribution >= 4 is 23.6 Å². The van der Waals surface area contributed by atoms with Crippen LogP contribution in [0.2, 0.25) is 0 Å². The molecule has 6 heteroatoms. The Kier molecular flexibility index (Phi) is 4.27. The first-order chi connectivity index (χ1) is 10.9. The number of carbonyl (C=O) groups is 2. The van der Waals surface area contributed by atoms with E-state index in [-0.39, 0.29) is 23.6 Å². The molecule has 0 aromatic heterocycles. The number of amides is 2. The number of benzene rings is 1. The minimum atomic E-state index is -0.474. The third-order valence-electron chi connectivity index (χ3n) is 4.32. The number of hydrogen-bond donors (Lipinski definition) is 2. The van der Waals surface area contributed by atoms with Crippen LogP contribution in [-0.2, 0) is 16.1 Å². The minimum absolute atomic E-state index is 0.00285. The van der Waals surface area contributed by atoms with Gasteiger partial charge in [-0.05, 0) is 44.4 Å². The normalized spacial score (nSPS) is 23.2. The number of carbonyl (C=O) groups excluding carboxylic acids is 2. The van der Waals surface area contributed by atoms with Crippen LogP contribution in [-0.4, -0.2) is 44.4 Å². The third-order valence-corrected chi connectivity index (χ3v) is 5.73. The second-order valence-corrected chi connectivity index (χ2v) is 8.35. The van der Waals surface area contributed by atoms with Gasteiger partial charge >= 0.3 is 0 Å². The van der Waals surface area contributed by atoms with Crippen molar-refractivity contribution in [3.05, 3.63) is 29.8 Å². The maximum Gasteiger partial charge on any atom is 0.246 e. The van der Waals surface area contributed by atoms with E-state index in [1.807, 2.05) is 30.9 Å². The molecular formula is C17H22N2O3S. The number of rotatable bonds is 4. The van der Waals surface area contributed by atoms with E-state index in [9.17, 15) is 14.7 Å². The number of nitrogens with one attached hydrogen (secondary N) is 1. The van der Waals surface area contributed by atoms with E-state index in [4.69, 9.17) is 0 Å². The highest BCUT2D eigenvalue weighted by molar-refractivity contribution is 8.01. The Bertz CT molecular complexity index is 611. The fraction of sp³-hybridized carbons (Fsp3) is 0.529. The molecule has 0 spiro atoms. The number of phenolic OH excluding ortho intramolecular Hbond substituents is 1. The summed E-state index contributed by atoms with van der Waals surface area (Å²) in [6, 6.07) is 6.74. The molecule has 0 radical (unpaired) electrons. The van der Waals surface area contributed by atoms with Crippen LogP contribution in [0.25, 0.3) is 0 Å². The van der Waals surface area contributed by atoms with Crippen LogP contribution in [0.1, 0.15) is 32.3 Å². The van der Waals surface area contributed by atoms with E-state index in [0.717, 1.165) is 18.4 Å². The molecule has 2 N–H and O–H groups in total. The lowest BCUT2D eigenvalue weighted by molar-refractivity contribution is -0.137. The van der Waals surface area contributed by atoms with Gasteiger partial charge in [0, 0.05) is 18.3 Å². The molecular weight excluding hydrogens is 312 g/mol. The Balaban J connectivity index is 1.70. The number of aromatic hydroxyl groups is 1. The molecule has 23 heavy (non-hydrogen) atoms. The predicted molar refractivity (Wildman–Crippen MR) is 90.1 cm³/mol. The van der Waals surface area contributed by atoms with Crippen molar-refractivity contribution in [3.8, 4) is 5.75 Å². The molecule has 1 aromatic carbocycles. The molecule has 1 saturated carbocycles. The van der Waals surface area contributed by atoms with Crippen molar-refractivity contribution in [2.45, 2.75) is 50.1 Å².